The van der Waals surface area contributed by atoms with Crippen LogP contribution in [0.3, 0.4) is 0 Å². The van der Waals surface area contributed by atoms with E-state index in [1.54, 1.807) is 37.4 Å². The Morgan fingerprint density at radius 3 is 2.68 bits per heavy atom. The van der Waals surface area contributed by atoms with Crippen LogP contribution in [0.5, 0.6) is 5.75 Å². The van der Waals surface area contributed by atoms with Crippen LogP contribution in [0.4, 0.5) is 5.69 Å². The standard InChI is InChI=1S/C20H24N2O3/c1-4-15-14-19(25-3)11-10-16(15)8-6-12-22(21-2)18-9-5-7-17(13-18)20(23)24/h5-7,9-14,21H,4,8H2,1-3H3,(H,23,24)/b12-6-. The second-order valence-electron chi connectivity index (χ2n) is 5.53. The first-order valence-electron chi connectivity index (χ1n) is 8.21. The molecule has 0 amide bonds. The molecule has 2 rings (SSSR count). The number of rotatable bonds is 8. The van der Waals surface area contributed by atoms with Crippen molar-refractivity contribution in [2.75, 3.05) is 19.2 Å². The number of aromatic carboxylic acids is 1. The number of anilines is 1. The zero-order valence-corrected chi connectivity index (χ0v) is 14.8. The number of nitrogens with zero attached hydrogens (tertiary/aromatic N) is 1. The van der Waals surface area contributed by atoms with E-state index in [0.717, 1.165) is 24.3 Å². The predicted octanol–water partition coefficient (Wildman–Crippen LogP) is 3.65. The maximum Gasteiger partial charge on any atom is 0.335 e. The lowest BCUT2D eigenvalue weighted by molar-refractivity contribution is 0.0697. The van der Waals surface area contributed by atoms with Crippen LogP contribution in [0.1, 0.15) is 28.4 Å². The summed E-state index contributed by atoms with van der Waals surface area (Å²) in [5.74, 6) is -0.0698. The molecule has 5 heteroatoms. The SMILES string of the molecule is CCc1cc(OC)ccc1C/C=C\N(NC)c1cccc(C(=O)O)c1. The molecule has 0 aromatic heterocycles. The third-order valence-corrected chi connectivity index (χ3v) is 4.00. The molecule has 0 fully saturated rings. The summed E-state index contributed by atoms with van der Waals surface area (Å²) in [5, 5.41) is 10.9. The maximum atomic E-state index is 11.1. The van der Waals surface area contributed by atoms with E-state index in [-0.39, 0.29) is 5.56 Å². The Kier molecular flexibility index (Phi) is 6.60. The summed E-state index contributed by atoms with van der Waals surface area (Å²) in [5.41, 5.74) is 6.58. The van der Waals surface area contributed by atoms with E-state index >= 15 is 0 Å². The van der Waals surface area contributed by atoms with Gasteiger partial charge in [-0.3, -0.25) is 5.01 Å². The molecule has 2 aromatic carbocycles. The van der Waals surface area contributed by atoms with Gasteiger partial charge in [-0.1, -0.05) is 25.1 Å². The average Bonchev–Trinajstić information content (AvgIpc) is 2.65. The van der Waals surface area contributed by atoms with E-state index in [1.165, 1.54) is 11.1 Å². The summed E-state index contributed by atoms with van der Waals surface area (Å²) >= 11 is 0. The van der Waals surface area contributed by atoms with Gasteiger partial charge in [0.15, 0.2) is 0 Å². The molecule has 0 aliphatic rings. The second kappa shape index (κ2) is 8.89. The minimum absolute atomic E-state index is 0.259. The largest absolute Gasteiger partial charge is 0.497 e. The molecule has 0 bridgehead atoms. The van der Waals surface area contributed by atoms with Crippen LogP contribution < -0.4 is 15.2 Å². The highest BCUT2D eigenvalue weighted by Gasteiger charge is 2.07. The van der Waals surface area contributed by atoms with Gasteiger partial charge in [0.1, 0.15) is 5.75 Å². The monoisotopic (exact) mass is 340 g/mol. The topological polar surface area (TPSA) is 61.8 Å². The molecule has 0 aliphatic carbocycles. The zero-order valence-electron chi connectivity index (χ0n) is 14.8. The van der Waals surface area contributed by atoms with Crippen molar-refractivity contribution < 1.29 is 14.6 Å². The van der Waals surface area contributed by atoms with Crippen LogP contribution in [0.2, 0.25) is 0 Å². The summed E-state index contributed by atoms with van der Waals surface area (Å²) in [4.78, 5) is 11.1. The molecule has 0 saturated heterocycles. The van der Waals surface area contributed by atoms with Crippen LogP contribution in [0.15, 0.2) is 54.7 Å². The molecule has 2 N–H and O–H groups in total. The van der Waals surface area contributed by atoms with Gasteiger partial charge in [-0.05, 0) is 54.3 Å². The van der Waals surface area contributed by atoms with Crippen molar-refractivity contribution in [2.45, 2.75) is 19.8 Å². The van der Waals surface area contributed by atoms with Crippen molar-refractivity contribution in [3.05, 3.63) is 71.4 Å². The summed E-state index contributed by atoms with van der Waals surface area (Å²) in [6.45, 7) is 2.12. The molecular weight excluding hydrogens is 316 g/mol. The number of benzene rings is 2. The molecule has 0 aliphatic heterocycles. The van der Waals surface area contributed by atoms with Gasteiger partial charge < -0.3 is 9.84 Å². The number of hydrogen-bond acceptors (Lipinski definition) is 4. The lowest BCUT2D eigenvalue weighted by atomic mass is 10.0. The number of nitrogens with one attached hydrogen (secondary N) is 1. The maximum absolute atomic E-state index is 11.1. The van der Waals surface area contributed by atoms with Crippen LogP contribution in [0.25, 0.3) is 0 Å². The Hall–Kier alpha value is -2.79. The molecule has 2 aromatic rings. The van der Waals surface area contributed by atoms with Gasteiger partial charge in [-0.25, -0.2) is 10.2 Å². The number of carboxylic acid groups (broad SMARTS) is 1. The minimum Gasteiger partial charge on any atom is -0.497 e. The van der Waals surface area contributed by atoms with Gasteiger partial charge in [-0.15, -0.1) is 0 Å². The Labute approximate surface area is 148 Å². The van der Waals surface area contributed by atoms with Crippen LogP contribution in [-0.4, -0.2) is 25.2 Å². The molecule has 0 spiro atoms. The number of hydrazine groups is 1. The van der Waals surface area contributed by atoms with Crippen molar-refractivity contribution in [3.63, 3.8) is 0 Å². The summed E-state index contributed by atoms with van der Waals surface area (Å²) in [7, 11) is 3.47. The fourth-order valence-electron chi connectivity index (χ4n) is 2.62. The minimum atomic E-state index is -0.937. The summed E-state index contributed by atoms with van der Waals surface area (Å²) in [6, 6.07) is 12.9. The Morgan fingerprint density at radius 2 is 2.04 bits per heavy atom. The number of methoxy groups -OCH3 is 1. The quantitative estimate of drug-likeness (QED) is 0.718. The third kappa shape index (κ3) is 4.84. The Morgan fingerprint density at radius 1 is 1.24 bits per heavy atom. The fourth-order valence-corrected chi connectivity index (χ4v) is 2.62. The number of allylic oxidation sites excluding steroid dienone is 1. The smallest absolute Gasteiger partial charge is 0.335 e. The fraction of sp³-hybridized carbons (Fsp3) is 0.250. The van der Waals surface area contributed by atoms with Crippen molar-refractivity contribution in [3.8, 4) is 5.75 Å². The van der Waals surface area contributed by atoms with Gasteiger partial charge >= 0.3 is 5.97 Å². The van der Waals surface area contributed by atoms with E-state index in [0.29, 0.717) is 0 Å². The van der Waals surface area contributed by atoms with Crippen molar-refractivity contribution in [1.29, 1.82) is 0 Å². The van der Waals surface area contributed by atoms with Crippen LogP contribution >= 0.6 is 0 Å². The summed E-state index contributed by atoms with van der Waals surface area (Å²) in [6.07, 6.45) is 5.68. The average molecular weight is 340 g/mol. The molecule has 5 nitrogen and oxygen atoms in total. The van der Waals surface area contributed by atoms with Crippen LogP contribution in [-0.2, 0) is 12.8 Å². The number of aryl methyl sites for hydroxylation is 1. The molecule has 132 valence electrons. The van der Waals surface area contributed by atoms with E-state index in [9.17, 15) is 4.79 Å². The highest BCUT2D eigenvalue weighted by atomic mass is 16.5. The van der Waals surface area contributed by atoms with Gasteiger partial charge in [0.2, 0.25) is 0 Å². The van der Waals surface area contributed by atoms with Crippen molar-refractivity contribution in [2.24, 2.45) is 0 Å². The Balaban J connectivity index is 2.14. The number of carbonyl (C=O) groups is 1. The molecule has 0 saturated carbocycles. The molecule has 0 heterocycles. The third-order valence-electron chi connectivity index (χ3n) is 4.00. The summed E-state index contributed by atoms with van der Waals surface area (Å²) < 4.78 is 5.28. The number of hydrogen-bond donors (Lipinski definition) is 2. The highest BCUT2D eigenvalue weighted by Crippen LogP contribution is 2.20. The first kappa shape index (κ1) is 18.5. The van der Waals surface area contributed by atoms with E-state index in [2.05, 4.69) is 24.5 Å². The number of ether oxygens (including phenoxy) is 1. The van der Waals surface area contributed by atoms with E-state index in [1.807, 2.05) is 24.4 Å². The number of carboxylic acids is 1. The highest BCUT2D eigenvalue weighted by molar-refractivity contribution is 5.88. The normalized spacial score (nSPS) is 10.8. The van der Waals surface area contributed by atoms with E-state index in [4.69, 9.17) is 9.84 Å². The molecule has 25 heavy (non-hydrogen) atoms. The van der Waals surface area contributed by atoms with Crippen molar-refractivity contribution >= 4 is 11.7 Å². The molecule has 0 radical (unpaired) electrons. The zero-order chi connectivity index (χ0) is 18.2. The van der Waals surface area contributed by atoms with Gasteiger partial charge in [0, 0.05) is 13.2 Å². The van der Waals surface area contributed by atoms with Gasteiger partial charge in [0.05, 0.1) is 18.4 Å². The lowest BCUT2D eigenvalue weighted by Crippen LogP contribution is -2.29. The van der Waals surface area contributed by atoms with Crippen molar-refractivity contribution in [1.82, 2.24) is 5.43 Å². The first-order valence-corrected chi connectivity index (χ1v) is 8.21. The lowest BCUT2D eigenvalue weighted by Gasteiger charge is -2.19. The molecule has 0 atom stereocenters. The van der Waals surface area contributed by atoms with E-state index < -0.39 is 5.97 Å². The second-order valence-corrected chi connectivity index (χ2v) is 5.53. The van der Waals surface area contributed by atoms with Crippen LogP contribution in [0, 0.1) is 0 Å². The van der Waals surface area contributed by atoms with Gasteiger partial charge in [0.25, 0.3) is 0 Å². The van der Waals surface area contributed by atoms with Gasteiger partial charge in [-0.2, -0.15) is 0 Å². The molecular formula is C20H24N2O3. The Bertz CT molecular complexity index is 756. The predicted molar refractivity (Wildman–Crippen MR) is 100 cm³/mol. The first-order chi connectivity index (χ1) is 12.1. The molecule has 0 unspecified atom stereocenters.